The maximum absolute atomic E-state index is 12.4. The predicted molar refractivity (Wildman–Crippen MR) is 85.7 cm³/mol. The van der Waals surface area contributed by atoms with Gasteiger partial charge in [0.25, 0.3) is 0 Å². The van der Waals surface area contributed by atoms with E-state index >= 15 is 0 Å². The minimum Gasteiger partial charge on any atom is -0.347 e. The summed E-state index contributed by atoms with van der Waals surface area (Å²) in [5, 5.41) is 3.71. The molecule has 1 amide bonds. The normalized spacial score (nSPS) is 25.0. The molecule has 3 nitrogen and oxygen atoms in total. The molecule has 0 aliphatic heterocycles. The van der Waals surface area contributed by atoms with Crippen molar-refractivity contribution in [3.05, 3.63) is 0 Å². The molecule has 118 valence electrons. The Morgan fingerprint density at radius 3 is 2.25 bits per heavy atom. The molecule has 0 aromatic rings. The molecular formula is C17H34N2O. The molecule has 3 atom stereocenters. The molecular weight excluding hydrogens is 248 g/mol. The van der Waals surface area contributed by atoms with Crippen LogP contribution < -0.4 is 5.32 Å². The zero-order valence-corrected chi connectivity index (χ0v) is 14.3. The van der Waals surface area contributed by atoms with E-state index in [4.69, 9.17) is 0 Å². The van der Waals surface area contributed by atoms with Crippen molar-refractivity contribution >= 4 is 5.91 Å². The van der Waals surface area contributed by atoms with Crippen molar-refractivity contribution in [2.45, 2.75) is 71.9 Å². The maximum Gasteiger partial charge on any atom is 0.239 e. The Kier molecular flexibility index (Phi) is 7.01. The van der Waals surface area contributed by atoms with Crippen molar-refractivity contribution in [1.29, 1.82) is 0 Å². The van der Waals surface area contributed by atoms with E-state index in [1.165, 1.54) is 25.7 Å². The fourth-order valence-electron chi connectivity index (χ4n) is 3.45. The number of amides is 1. The van der Waals surface area contributed by atoms with E-state index in [-0.39, 0.29) is 11.9 Å². The summed E-state index contributed by atoms with van der Waals surface area (Å²) >= 11 is 0. The molecule has 1 rings (SSSR count). The number of hydrogen-bond donors (Lipinski definition) is 1. The first kappa shape index (κ1) is 17.5. The molecule has 3 heteroatoms. The zero-order chi connectivity index (χ0) is 15.3. The van der Waals surface area contributed by atoms with Crippen molar-refractivity contribution < 1.29 is 4.79 Å². The van der Waals surface area contributed by atoms with Crippen LogP contribution in [0.1, 0.15) is 59.8 Å². The van der Waals surface area contributed by atoms with Crippen LogP contribution in [0.3, 0.4) is 0 Å². The minimum absolute atomic E-state index is 0.0191. The highest BCUT2D eigenvalue weighted by molar-refractivity contribution is 5.81. The van der Waals surface area contributed by atoms with Crippen molar-refractivity contribution in [1.82, 2.24) is 10.2 Å². The summed E-state index contributed by atoms with van der Waals surface area (Å²) in [7, 11) is 3.72. The third-order valence-electron chi connectivity index (χ3n) is 4.54. The minimum atomic E-state index is -0.0191. The van der Waals surface area contributed by atoms with Crippen molar-refractivity contribution in [2.75, 3.05) is 14.1 Å². The summed E-state index contributed by atoms with van der Waals surface area (Å²) < 4.78 is 0. The molecule has 1 fully saturated rings. The maximum atomic E-state index is 12.4. The van der Waals surface area contributed by atoms with Gasteiger partial charge in [0.1, 0.15) is 0 Å². The average molecular weight is 282 g/mol. The number of nitrogens with zero attached hydrogens (tertiary/aromatic N) is 1. The topological polar surface area (TPSA) is 32.3 Å². The van der Waals surface area contributed by atoms with Gasteiger partial charge in [-0.05, 0) is 37.0 Å². The average Bonchev–Trinajstić information content (AvgIpc) is 2.36. The van der Waals surface area contributed by atoms with E-state index in [0.29, 0.717) is 23.8 Å². The molecule has 0 saturated heterocycles. The van der Waals surface area contributed by atoms with Crippen LogP contribution in [0.15, 0.2) is 0 Å². The van der Waals surface area contributed by atoms with Gasteiger partial charge in [-0.25, -0.2) is 0 Å². The lowest BCUT2D eigenvalue weighted by Crippen LogP contribution is -2.52. The highest BCUT2D eigenvalue weighted by Crippen LogP contribution is 2.30. The Balaban J connectivity index is 2.73. The summed E-state index contributed by atoms with van der Waals surface area (Å²) in [6.45, 7) is 9.02. The first-order valence-corrected chi connectivity index (χ1v) is 8.30. The largest absolute Gasteiger partial charge is 0.347 e. The molecule has 0 aromatic carbocycles. The van der Waals surface area contributed by atoms with Crippen molar-refractivity contribution in [3.63, 3.8) is 0 Å². The number of carbonyl (C=O) groups excluding carboxylic acids is 1. The van der Waals surface area contributed by atoms with Gasteiger partial charge in [0.05, 0.1) is 6.04 Å². The molecule has 1 saturated carbocycles. The number of carbonyl (C=O) groups is 1. The van der Waals surface area contributed by atoms with Crippen LogP contribution in [0.25, 0.3) is 0 Å². The van der Waals surface area contributed by atoms with Crippen LogP contribution in [0.2, 0.25) is 0 Å². The molecule has 1 aliphatic carbocycles. The number of nitrogens with one attached hydrogen (secondary N) is 1. The van der Waals surface area contributed by atoms with E-state index in [1.54, 1.807) is 4.90 Å². The second-order valence-corrected chi connectivity index (χ2v) is 7.38. The van der Waals surface area contributed by atoms with Crippen LogP contribution >= 0.6 is 0 Å². The van der Waals surface area contributed by atoms with Gasteiger partial charge in [0.15, 0.2) is 0 Å². The molecule has 0 spiro atoms. The Labute approximate surface area is 125 Å². The van der Waals surface area contributed by atoms with Crippen LogP contribution in [0.5, 0.6) is 0 Å². The van der Waals surface area contributed by atoms with Crippen molar-refractivity contribution in [3.8, 4) is 0 Å². The lowest BCUT2D eigenvalue weighted by molar-refractivity contribution is -0.131. The third-order valence-corrected chi connectivity index (χ3v) is 4.54. The SMILES string of the molecule is CC(C)CC(NC1CCCCC1C(C)C)C(=O)N(C)C. The van der Waals surface area contributed by atoms with Gasteiger partial charge in [-0.15, -0.1) is 0 Å². The van der Waals surface area contributed by atoms with Gasteiger partial charge in [0, 0.05) is 20.1 Å². The second-order valence-electron chi connectivity index (χ2n) is 7.38. The Bertz CT molecular complexity index is 299. The van der Waals surface area contributed by atoms with E-state index < -0.39 is 0 Å². The van der Waals surface area contributed by atoms with Crippen LogP contribution in [-0.4, -0.2) is 37.0 Å². The first-order chi connectivity index (χ1) is 9.32. The van der Waals surface area contributed by atoms with E-state index in [0.717, 1.165) is 6.42 Å². The van der Waals surface area contributed by atoms with Gasteiger partial charge in [0.2, 0.25) is 5.91 Å². The number of rotatable bonds is 6. The zero-order valence-electron chi connectivity index (χ0n) is 14.3. The molecule has 1 aliphatic rings. The van der Waals surface area contributed by atoms with Crippen LogP contribution in [0.4, 0.5) is 0 Å². The van der Waals surface area contributed by atoms with Crippen LogP contribution in [0, 0.1) is 17.8 Å². The summed E-state index contributed by atoms with van der Waals surface area (Å²) in [6.07, 6.45) is 6.10. The summed E-state index contributed by atoms with van der Waals surface area (Å²) in [6, 6.07) is 0.491. The third kappa shape index (κ3) is 5.08. The van der Waals surface area contributed by atoms with Gasteiger partial charge in [-0.1, -0.05) is 40.5 Å². The molecule has 0 heterocycles. The smallest absolute Gasteiger partial charge is 0.239 e. The van der Waals surface area contributed by atoms with Crippen LogP contribution in [-0.2, 0) is 4.79 Å². The lowest BCUT2D eigenvalue weighted by Gasteiger charge is -2.38. The Morgan fingerprint density at radius 2 is 1.75 bits per heavy atom. The fourth-order valence-corrected chi connectivity index (χ4v) is 3.45. The van der Waals surface area contributed by atoms with Crippen molar-refractivity contribution in [2.24, 2.45) is 17.8 Å². The monoisotopic (exact) mass is 282 g/mol. The summed E-state index contributed by atoms with van der Waals surface area (Å²) in [5.74, 6) is 2.18. The molecule has 0 aromatic heterocycles. The quantitative estimate of drug-likeness (QED) is 0.811. The fraction of sp³-hybridized carbons (Fsp3) is 0.941. The molecule has 0 radical (unpaired) electrons. The molecule has 1 N–H and O–H groups in total. The number of likely N-dealkylation sites (N-methyl/N-ethyl adjacent to an activating group) is 1. The van der Waals surface area contributed by atoms with E-state index in [9.17, 15) is 4.79 Å². The van der Waals surface area contributed by atoms with E-state index in [1.807, 2.05) is 14.1 Å². The van der Waals surface area contributed by atoms with Gasteiger partial charge in [-0.2, -0.15) is 0 Å². The molecule has 3 unspecified atom stereocenters. The number of hydrogen-bond acceptors (Lipinski definition) is 2. The van der Waals surface area contributed by atoms with Gasteiger partial charge < -0.3 is 10.2 Å². The lowest BCUT2D eigenvalue weighted by atomic mass is 9.77. The second kappa shape index (κ2) is 8.02. The summed E-state index contributed by atoms with van der Waals surface area (Å²) in [5.41, 5.74) is 0. The predicted octanol–water partition coefficient (Wildman–Crippen LogP) is 3.29. The summed E-state index contributed by atoms with van der Waals surface area (Å²) in [4.78, 5) is 14.1. The van der Waals surface area contributed by atoms with Gasteiger partial charge >= 0.3 is 0 Å². The Hall–Kier alpha value is -0.570. The standard InChI is InChI=1S/C17H34N2O/c1-12(2)11-16(17(20)19(5)6)18-15-10-8-7-9-14(15)13(3)4/h12-16,18H,7-11H2,1-6H3. The first-order valence-electron chi connectivity index (χ1n) is 8.30. The highest BCUT2D eigenvalue weighted by atomic mass is 16.2. The highest BCUT2D eigenvalue weighted by Gasteiger charge is 2.31. The molecule has 20 heavy (non-hydrogen) atoms. The van der Waals surface area contributed by atoms with Gasteiger partial charge in [-0.3, -0.25) is 4.79 Å². The Morgan fingerprint density at radius 1 is 1.15 bits per heavy atom. The molecule has 0 bridgehead atoms. The van der Waals surface area contributed by atoms with E-state index in [2.05, 4.69) is 33.0 Å².